The molecule has 0 spiro atoms. The molecule has 4 heteroatoms. The minimum atomic E-state index is 0.0748. The lowest BCUT2D eigenvalue weighted by atomic mass is 10.2. The Labute approximate surface area is 110 Å². The van der Waals surface area contributed by atoms with E-state index < -0.39 is 0 Å². The molecule has 0 fully saturated rings. The van der Waals surface area contributed by atoms with E-state index >= 15 is 0 Å². The summed E-state index contributed by atoms with van der Waals surface area (Å²) < 4.78 is 5.09. The zero-order chi connectivity index (χ0) is 12.8. The van der Waals surface area contributed by atoms with Crippen LogP contribution in [0.3, 0.4) is 0 Å². The maximum atomic E-state index is 11.6. The average molecular weight is 261 g/mol. The second-order valence-electron chi connectivity index (χ2n) is 3.85. The molecule has 1 aromatic carbocycles. The van der Waals surface area contributed by atoms with Crippen LogP contribution in [-0.2, 0) is 16.0 Å². The lowest BCUT2D eigenvalue weighted by Crippen LogP contribution is -2.11. The zero-order valence-electron chi connectivity index (χ0n) is 10.3. The second-order valence-corrected chi connectivity index (χ2v) is 4.79. The highest BCUT2D eigenvalue weighted by Gasteiger charge is 2.08. The molecule has 0 saturated carbocycles. The Hall–Kier alpha value is -1.52. The van der Waals surface area contributed by atoms with Crippen molar-refractivity contribution >= 4 is 17.1 Å². The van der Waals surface area contributed by atoms with Gasteiger partial charge in [-0.15, -0.1) is 11.3 Å². The molecule has 0 unspecified atom stereocenters. The Morgan fingerprint density at radius 3 is 2.83 bits per heavy atom. The normalized spacial score (nSPS) is 10.5. The van der Waals surface area contributed by atoms with Crippen molar-refractivity contribution in [3.63, 3.8) is 0 Å². The van der Waals surface area contributed by atoms with Gasteiger partial charge in [-0.05, 0) is 6.92 Å². The van der Waals surface area contributed by atoms with Crippen molar-refractivity contribution in [3.05, 3.63) is 40.7 Å². The molecule has 1 aromatic heterocycles. The van der Waals surface area contributed by atoms with E-state index in [1.807, 2.05) is 42.6 Å². The predicted octanol–water partition coefficient (Wildman–Crippen LogP) is 2.96. The van der Waals surface area contributed by atoms with Crippen LogP contribution in [0.4, 0.5) is 0 Å². The highest BCUT2D eigenvalue weighted by molar-refractivity contribution is 7.10. The van der Waals surface area contributed by atoms with Gasteiger partial charge in [-0.3, -0.25) is 4.79 Å². The van der Waals surface area contributed by atoms with Crippen LogP contribution in [0, 0.1) is 0 Å². The highest BCUT2D eigenvalue weighted by Crippen LogP contribution is 2.21. The molecule has 0 N–H and O–H groups in total. The summed E-state index contributed by atoms with van der Waals surface area (Å²) in [7, 11) is 0. The Bertz CT molecular complexity index is 508. The molecule has 0 atom stereocenters. The fourth-order valence-electron chi connectivity index (χ4n) is 1.57. The number of aromatic nitrogens is 1. The van der Waals surface area contributed by atoms with Crippen LogP contribution >= 0.6 is 11.3 Å². The first-order chi connectivity index (χ1) is 8.79. The molecule has 0 radical (unpaired) electrons. The molecule has 2 aromatic rings. The zero-order valence-corrected chi connectivity index (χ0v) is 11.1. The van der Waals surface area contributed by atoms with Gasteiger partial charge in [0.2, 0.25) is 0 Å². The Kier molecular flexibility index (Phi) is 4.61. The minimum Gasteiger partial charge on any atom is -0.374 e. The predicted molar refractivity (Wildman–Crippen MR) is 72.8 cm³/mol. The summed E-state index contributed by atoms with van der Waals surface area (Å²) in [6.45, 7) is 2.62. The fraction of sp³-hybridized carbons (Fsp3) is 0.286. The van der Waals surface area contributed by atoms with E-state index in [1.165, 1.54) is 11.3 Å². The van der Waals surface area contributed by atoms with Crippen LogP contribution in [-0.4, -0.2) is 24.0 Å². The van der Waals surface area contributed by atoms with Gasteiger partial charge >= 0.3 is 0 Å². The SMILES string of the molecule is CCOCC(=O)Cc1nc(-c2ccccc2)cs1. The van der Waals surface area contributed by atoms with Crippen molar-refractivity contribution in [3.8, 4) is 11.3 Å². The molecule has 0 amide bonds. The van der Waals surface area contributed by atoms with Gasteiger partial charge in [-0.25, -0.2) is 4.98 Å². The summed E-state index contributed by atoms with van der Waals surface area (Å²) in [5.74, 6) is 0.0748. The molecule has 0 aliphatic carbocycles. The van der Waals surface area contributed by atoms with Gasteiger partial charge in [0.15, 0.2) is 5.78 Å². The van der Waals surface area contributed by atoms with Crippen LogP contribution in [0.1, 0.15) is 11.9 Å². The van der Waals surface area contributed by atoms with Crippen molar-refractivity contribution in [1.29, 1.82) is 0 Å². The summed E-state index contributed by atoms with van der Waals surface area (Å²) in [4.78, 5) is 16.0. The molecule has 0 aliphatic heterocycles. The smallest absolute Gasteiger partial charge is 0.165 e. The summed E-state index contributed by atoms with van der Waals surface area (Å²) in [5, 5.41) is 2.83. The number of ketones is 1. The van der Waals surface area contributed by atoms with E-state index in [1.54, 1.807) is 0 Å². The number of hydrogen-bond donors (Lipinski definition) is 0. The number of carbonyl (C=O) groups is 1. The van der Waals surface area contributed by atoms with Crippen molar-refractivity contribution in [2.75, 3.05) is 13.2 Å². The summed E-state index contributed by atoms with van der Waals surface area (Å²) in [6, 6.07) is 9.97. The lowest BCUT2D eigenvalue weighted by molar-refractivity contribution is -0.122. The number of nitrogens with zero attached hydrogens (tertiary/aromatic N) is 1. The summed E-state index contributed by atoms with van der Waals surface area (Å²) in [5.41, 5.74) is 2.01. The van der Waals surface area contributed by atoms with Crippen molar-refractivity contribution in [2.24, 2.45) is 0 Å². The molecule has 0 aliphatic rings. The average Bonchev–Trinajstić information content (AvgIpc) is 2.86. The van der Waals surface area contributed by atoms with Gasteiger partial charge in [-0.2, -0.15) is 0 Å². The van der Waals surface area contributed by atoms with E-state index in [2.05, 4.69) is 4.98 Å². The third-order valence-electron chi connectivity index (χ3n) is 2.44. The third kappa shape index (κ3) is 3.48. The van der Waals surface area contributed by atoms with E-state index in [-0.39, 0.29) is 12.4 Å². The van der Waals surface area contributed by atoms with Crippen LogP contribution in [0.15, 0.2) is 35.7 Å². The molecule has 1 heterocycles. The van der Waals surface area contributed by atoms with Gasteiger partial charge in [-0.1, -0.05) is 30.3 Å². The number of Topliss-reactive ketones (excluding diaryl/α,β-unsaturated/α-hetero) is 1. The van der Waals surface area contributed by atoms with Crippen LogP contribution in [0.2, 0.25) is 0 Å². The fourth-order valence-corrected chi connectivity index (χ4v) is 2.40. The largest absolute Gasteiger partial charge is 0.374 e. The number of rotatable bonds is 6. The molecule has 0 bridgehead atoms. The Morgan fingerprint density at radius 2 is 2.11 bits per heavy atom. The van der Waals surface area contributed by atoms with Crippen LogP contribution < -0.4 is 0 Å². The summed E-state index contributed by atoms with van der Waals surface area (Å²) in [6.07, 6.45) is 0.359. The van der Waals surface area contributed by atoms with Crippen molar-refractivity contribution < 1.29 is 9.53 Å². The Morgan fingerprint density at radius 1 is 1.33 bits per heavy atom. The van der Waals surface area contributed by atoms with Gasteiger partial charge in [0.1, 0.15) is 11.6 Å². The first kappa shape index (κ1) is 12.9. The molecule has 0 saturated heterocycles. The molecule has 18 heavy (non-hydrogen) atoms. The maximum absolute atomic E-state index is 11.6. The molecular weight excluding hydrogens is 246 g/mol. The maximum Gasteiger partial charge on any atom is 0.165 e. The highest BCUT2D eigenvalue weighted by atomic mass is 32.1. The topological polar surface area (TPSA) is 39.2 Å². The monoisotopic (exact) mass is 261 g/mol. The van der Waals surface area contributed by atoms with Crippen molar-refractivity contribution in [1.82, 2.24) is 4.98 Å². The van der Waals surface area contributed by atoms with E-state index in [0.717, 1.165) is 16.3 Å². The molecule has 2 rings (SSSR count). The van der Waals surface area contributed by atoms with Crippen LogP contribution in [0.25, 0.3) is 11.3 Å². The number of thiazole rings is 1. The third-order valence-corrected chi connectivity index (χ3v) is 3.29. The molecule has 94 valence electrons. The standard InChI is InChI=1S/C14H15NO2S/c1-2-17-9-12(16)8-14-15-13(10-18-14)11-6-4-3-5-7-11/h3-7,10H,2,8-9H2,1H3. The minimum absolute atomic E-state index is 0.0748. The lowest BCUT2D eigenvalue weighted by Gasteiger charge is -1.98. The van der Waals surface area contributed by atoms with Gasteiger partial charge in [0, 0.05) is 17.6 Å². The second kappa shape index (κ2) is 6.42. The Balaban J connectivity index is 2.00. The number of carbonyl (C=O) groups excluding carboxylic acids is 1. The van der Waals surface area contributed by atoms with E-state index in [4.69, 9.17) is 4.74 Å². The number of benzene rings is 1. The number of ether oxygens (including phenoxy) is 1. The van der Waals surface area contributed by atoms with Gasteiger partial charge < -0.3 is 4.74 Å². The number of hydrogen-bond acceptors (Lipinski definition) is 4. The van der Waals surface area contributed by atoms with Gasteiger partial charge in [0.25, 0.3) is 0 Å². The van der Waals surface area contributed by atoms with Gasteiger partial charge in [0.05, 0.1) is 12.1 Å². The summed E-state index contributed by atoms with van der Waals surface area (Å²) >= 11 is 1.52. The first-order valence-electron chi connectivity index (χ1n) is 5.89. The quantitative estimate of drug-likeness (QED) is 0.802. The first-order valence-corrected chi connectivity index (χ1v) is 6.77. The van der Waals surface area contributed by atoms with Crippen LogP contribution in [0.5, 0.6) is 0 Å². The molecular formula is C14H15NO2S. The van der Waals surface area contributed by atoms with Crippen molar-refractivity contribution in [2.45, 2.75) is 13.3 Å². The molecule has 3 nitrogen and oxygen atoms in total. The van der Waals surface area contributed by atoms with E-state index in [0.29, 0.717) is 13.0 Å². The van der Waals surface area contributed by atoms with E-state index in [9.17, 15) is 4.79 Å².